The first-order valence-electron chi connectivity index (χ1n) is 6.83. The third kappa shape index (κ3) is 5.50. The van der Waals surface area contributed by atoms with Crippen molar-refractivity contribution in [1.29, 1.82) is 0 Å². The molecule has 1 saturated heterocycles. The van der Waals surface area contributed by atoms with E-state index in [0.29, 0.717) is 18.6 Å². The van der Waals surface area contributed by atoms with Crippen LogP contribution in [0.2, 0.25) is 0 Å². The van der Waals surface area contributed by atoms with E-state index in [9.17, 15) is 4.79 Å². The molecule has 0 aliphatic carbocycles. The van der Waals surface area contributed by atoms with Crippen molar-refractivity contribution in [2.24, 2.45) is 0 Å². The van der Waals surface area contributed by atoms with Crippen LogP contribution in [-0.4, -0.2) is 49.6 Å². The molecule has 1 rings (SSSR count). The van der Waals surface area contributed by atoms with Gasteiger partial charge in [-0.2, -0.15) is 0 Å². The first kappa shape index (κ1) is 14.5. The van der Waals surface area contributed by atoms with Gasteiger partial charge in [0.2, 0.25) is 5.91 Å². The van der Waals surface area contributed by atoms with Gasteiger partial charge in [0.1, 0.15) is 0 Å². The summed E-state index contributed by atoms with van der Waals surface area (Å²) in [7, 11) is 2.06. The average Bonchev–Trinajstić information content (AvgIpc) is 2.30. The zero-order valence-electron chi connectivity index (χ0n) is 11.5. The molecule has 1 atom stereocenters. The van der Waals surface area contributed by atoms with Crippen LogP contribution in [0.25, 0.3) is 0 Å². The van der Waals surface area contributed by atoms with E-state index in [4.69, 9.17) is 0 Å². The number of rotatable bonds is 6. The minimum Gasteiger partial charge on any atom is -0.353 e. The maximum Gasteiger partial charge on any atom is 0.234 e. The molecule has 0 spiro atoms. The summed E-state index contributed by atoms with van der Waals surface area (Å²) in [5, 5.41) is 6.40. The maximum atomic E-state index is 11.8. The highest BCUT2D eigenvalue weighted by molar-refractivity contribution is 5.78. The molecule has 0 radical (unpaired) electrons. The smallest absolute Gasteiger partial charge is 0.234 e. The SMILES string of the molecule is CCCC(C)NC(=O)CN(C)C1CCNCC1. The lowest BCUT2D eigenvalue weighted by atomic mass is 10.1. The Morgan fingerprint density at radius 2 is 2.12 bits per heavy atom. The van der Waals surface area contributed by atoms with Crippen molar-refractivity contribution >= 4 is 5.91 Å². The van der Waals surface area contributed by atoms with Crippen LogP contribution in [-0.2, 0) is 4.79 Å². The van der Waals surface area contributed by atoms with Crippen molar-refractivity contribution in [3.05, 3.63) is 0 Å². The van der Waals surface area contributed by atoms with E-state index in [1.807, 2.05) is 0 Å². The summed E-state index contributed by atoms with van der Waals surface area (Å²) in [6, 6.07) is 0.859. The largest absolute Gasteiger partial charge is 0.353 e. The predicted molar refractivity (Wildman–Crippen MR) is 71.0 cm³/mol. The first-order chi connectivity index (χ1) is 8.13. The molecular formula is C13H27N3O. The summed E-state index contributed by atoms with van der Waals surface area (Å²) in [5.41, 5.74) is 0. The average molecular weight is 241 g/mol. The number of nitrogens with one attached hydrogen (secondary N) is 2. The molecule has 0 saturated carbocycles. The Morgan fingerprint density at radius 1 is 1.47 bits per heavy atom. The molecule has 0 bridgehead atoms. The number of likely N-dealkylation sites (N-methyl/N-ethyl adjacent to an activating group) is 1. The Balaban J connectivity index is 2.24. The molecule has 4 nitrogen and oxygen atoms in total. The normalized spacial score (nSPS) is 19.3. The minimum atomic E-state index is 0.159. The van der Waals surface area contributed by atoms with Gasteiger partial charge in [-0.1, -0.05) is 13.3 Å². The molecule has 1 heterocycles. The van der Waals surface area contributed by atoms with Crippen LogP contribution >= 0.6 is 0 Å². The van der Waals surface area contributed by atoms with Gasteiger partial charge in [-0.25, -0.2) is 0 Å². The minimum absolute atomic E-state index is 0.159. The van der Waals surface area contributed by atoms with E-state index >= 15 is 0 Å². The number of hydrogen-bond donors (Lipinski definition) is 2. The van der Waals surface area contributed by atoms with Crippen LogP contribution in [0, 0.1) is 0 Å². The molecule has 17 heavy (non-hydrogen) atoms. The molecule has 0 aromatic carbocycles. The fraction of sp³-hybridized carbons (Fsp3) is 0.923. The zero-order valence-corrected chi connectivity index (χ0v) is 11.5. The predicted octanol–water partition coefficient (Wildman–Crippen LogP) is 0.975. The number of carbonyl (C=O) groups is 1. The second kappa shape index (κ2) is 7.67. The van der Waals surface area contributed by atoms with Gasteiger partial charge in [-0.05, 0) is 46.3 Å². The van der Waals surface area contributed by atoms with Gasteiger partial charge in [0.15, 0.2) is 0 Å². The highest BCUT2D eigenvalue weighted by Crippen LogP contribution is 2.09. The molecule has 0 aromatic heterocycles. The van der Waals surface area contributed by atoms with E-state index in [1.54, 1.807) is 0 Å². The highest BCUT2D eigenvalue weighted by Gasteiger charge is 2.19. The summed E-state index contributed by atoms with van der Waals surface area (Å²) in [6.45, 7) is 6.89. The van der Waals surface area contributed by atoms with E-state index in [1.165, 1.54) is 0 Å². The molecule has 1 amide bonds. The number of nitrogens with zero attached hydrogens (tertiary/aromatic N) is 1. The van der Waals surface area contributed by atoms with E-state index in [0.717, 1.165) is 38.8 Å². The van der Waals surface area contributed by atoms with Gasteiger partial charge in [-0.15, -0.1) is 0 Å². The molecule has 1 aliphatic heterocycles. The zero-order chi connectivity index (χ0) is 12.7. The summed E-state index contributed by atoms with van der Waals surface area (Å²) in [4.78, 5) is 14.0. The fourth-order valence-electron chi connectivity index (χ4n) is 2.43. The maximum absolute atomic E-state index is 11.8. The van der Waals surface area contributed by atoms with Gasteiger partial charge in [-0.3, -0.25) is 9.69 Å². The summed E-state index contributed by atoms with van der Waals surface area (Å²) >= 11 is 0. The topological polar surface area (TPSA) is 44.4 Å². The van der Waals surface area contributed by atoms with Crippen molar-refractivity contribution in [1.82, 2.24) is 15.5 Å². The summed E-state index contributed by atoms with van der Waals surface area (Å²) in [5.74, 6) is 0.159. The van der Waals surface area contributed by atoms with Crippen LogP contribution in [0.5, 0.6) is 0 Å². The van der Waals surface area contributed by atoms with Crippen molar-refractivity contribution in [3.8, 4) is 0 Å². The molecule has 1 unspecified atom stereocenters. The van der Waals surface area contributed by atoms with Crippen molar-refractivity contribution < 1.29 is 4.79 Å². The monoisotopic (exact) mass is 241 g/mol. The van der Waals surface area contributed by atoms with Crippen molar-refractivity contribution in [3.63, 3.8) is 0 Å². The third-order valence-electron chi connectivity index (χ3n) is 3.45. The molecule has 100 valence electrons. The summed E-state index contributed by atoms with van der Waals surface area (Å²) < 4.78 is 0. The second-order valence-corrected chi connectivity index (χ2v) is 5.15. The van der Waals surface area contributed by atoms with E-state index in [-0.39, 0.29) is 5.91 Å². The molecule has 1 aliphatic rings. The Kier molecular flexibility index (Phi) is 6.52. The van der Waals surface area contributed by atoms with Gasteiger partial charge in [0.05, 0.1) is 6.54 Å². The lowest BCUT2D eigenvalue weighted by Crippen LogP contribution is -2.46. The van der Waals surface area contributed by atoms with Gasteiger partial charge in [0.25, 0.3) is 0 Å². The Hall–Kier alpha value is -0.610. The fourth-order valence-corrected chi connectivity index (χ4v) is 2.43. The summed E-state index contributed by atoms with van der Waals surface area (Å²) in [6.07, 6.45) is 4.47. The Labute approximate surface area is 105 Å². The molecule has 4 heteroatoms. The molecular weight excluding hydrogens is 214 g/mol. The molecule has 0 aromatic rings. The van der Waals surface area contributed by atoms with Crippen LogP contribution in [0.4, 0.5) is 0 Å². The van der Waals surface area contributed by atoms with E-state index in [2.05, 4.69) is 36.4 Å². The van der Waals surface area contributed by atoms with Crippen molar-refractivity contribution in [2.45, 2.75) is 51.6 Å². The van der Waals surface area contributed by atoms with Crippen molar-refractivity contribution in [2.75, 3.05) is 26.7 Å². The first-order valence-corrected chi connectivity index (χ1v) is 6.83. The number of amides is 1. The van der Waals surface area contributed by atoms with Crippen LogP contribution < -0.4 is 10.6 Å². The standard InChI is InChI=1S/C13H27N3O/c1-4-5-11(2)15-13(17)10-16(3)12-6-8-14-9-7-12/h11-12,14H,4-10H2,1-3H3,(H,15,17). The Bertz CT molecular complexity index is 227. The van der Waals surface area contributed by atoms with Gasteiger partial charge < -0.3 is 10.6 Å². The number of piperidine rings is 1. The van der Waals surface area contributed by atoms with E-state index < -0.39 is 0 Å². The lowest BCUT2D eigenvalue weighted by molar-refractivity contribution is -0.123. The number of hydrogen-bond acceptors (Lipinski definition) is 3. The molecule has 2 N–H and O–H groups in total. The van der Waals surface area contributed by atoms with Gasteiger partial charge in [0, 0.05) is 12.1 Å². The second-order valence-electron chi connectivity index (χ2n) is 5.15. The van der Waals surface area contributed by atoms with Gasteiger partial charge >= 0.3 is 0 Å². The van der Waals surface area contributed by atoms with Crippen LogP contribution in [0.15, 0.2) is 0 Å². The van der Waals surface area contributed by atoms with Crippen LogP contribution in [0.3, 0.4) is 0 Å². The quantitative estimate of drug-likeness (QED) is 0.728. The molecule has 1 fully saturated rings. The Morgan fingerprint density at radius 3 is 2.71 bits per heavy atom. The number of carbonyl (C=O) groups excluding carboxylic acids is 1. The highest BCUT2D eigenvalue weighted by atomic mass is 16.2. The third-order valence-corrected chi connectivity index (χ3v) is 3.45. The van der Waals surface area contributed by atoms with Crippen LogP contribution in [0.1, 0.15) is 39.5 Å². The lowest BCUT2D eigenvalue weighted by Gasteiger charge is -2.31.